The van der Waals surface area contributed by atoms with Gasteiger partial charge in [-0.3, -0.25) is 0 Å². The lowest BCUT2D eigenvalue weighted by Crippen LogP contribution is -2.18. The summed E-state index contributed by atoms with van der Waals surface area (Å²) in [5.41, 5.74) is 1.16. The molecule has 0 saturated carbocycles. The van der Waals surface area contributed by atoms with E-state index in [0.29, 0.717) is 4.90 Å². The Kier molecular flexibility index (Phi) is 1.89. The maximum Gasteiger partial charge on any atom is 0.179 e. The van der Waals surface area contributed by atoms with Gasteiger partial charge in [0.15, 0.2) is 9.84 Å². The summed E-state index contributed by atoms with van der Waals surface area (Å²) in [5.74, 6) is 0.312. The standard InChI is InChI=1S/C13H12O2S/c1-9-8-16(14,15)12-7-3-5-10-4-2-6-11(9)13(10)12/h2-7,9H,8H2,1H3/t9-/m1/s1. The lowest BCUT2D eigenvalue weighted by atomic mass is 9.95. The van der Waals surface area contributed by atoms with Crippen molar-refractivity contribution in [2.45, 2.75) is 17.7 Å². The van der Waals surface area contributed by atoms with Crippen molar-refractivity contribution >= 4 is 20.6 Å². The van der Waals surface area contributed by atoms with E-state index in [1.807, 2.05) is 37.3 Å². The van der Waals surface area contributed by atoms with Gasteiger partial charge in [0.05, 0.1) is 10.6 Å². The number of rotatable bonds is 0. The quantitative estimate of drug-likeness (QED) is 0.700. The summed E-state index contributed by atoms with van der Waals surface area (Å²) in [7, 11) is -3.10. The Morgan fingerprint density at radius 1 is 1.12 bits per heavy atom. The fourth-order valence-electron chi connectivity index (χ4n) is 2.51. The molecule has 0 aromatic heterocycles. The molecule has 2 nitrogen and oxygen atoms in total. The normalized spacial score (nSPS) is 22.2. The van der Waals surface area contributed by atoms with Crippen LogP contribution in [0.3, 0.4) is 0 Å². The van der Waals surface area contributed by atoms with E-state index in [9.17, 15) is 8.42 Å². The first-order chi connectivity index (χ1) is 7.59. The first-order valence-corrected chi connectivity index (χ1v) is 6.99. The minimum absolute atomic E-state index is 0.0867. The van der Waals surface area contributed by atoms with E-state index in [-0.39, 0.29) is 11.7 Å². The minimum atomic E-state index is -3.10. The van der Waals surface area contributed by atoms with E-state index in [1.165, 1.54) is 0 Å². The molecule has 82 valence electrons. The molecular weight excluding hydrogens is 220 g/mol. The molecule has 3 rings (SSSR count). The van der Waals surface area contributed by atoms with Gasteiger partial charge in [0.1, 0.15) is 0 Å². The van der Waals surface area contributed by atoms with Crippen molar-refractivity contribution < 1.29 is 8.42 Å². The van der Waals surface area contributed by atoms with Crippen LogP contribution in [-0.2, 0) is 9.84 Å². The predicted molar refractivity (Wildman–Crippen MR) is 64.4 cm³/mol. The Balaban J connectivity index is 2.57. The molecule has 0 aliphatic carbocycles. The molecule has 2 aromatic carbocycles. The molecule has 0 fully saturated rings. The highest BCUT2D eigenvalue weighted by Gasteiger charge is 2.28. The summed E-state index contributed by atoms with van der Waals surface area (Å²) in [4.78, 5) is 0.499. The first-order valence-electron chi connectivity index (χ1n) is 5.34. The summed E-state index contributed by atoms with van der Waals surface area (Å²) in [6.07, 6.45) is 0. The topological polar surface area (TPSA) is 34.1 Å². The van der Waals surface area contributed by atoms with Crippen LogP contribution in [0.15, 0.2) is 41.3 Å². The summed E-state index contributed by atoms with van der Waals surface area (Å²) in [6.45, 7) is 1.97. The second-order valence-electron chi connectivity index (χ2n) is 4.38. The molecule has 16 heavy (non-hydrogen) atoms. The highest BCUT2D eigenvalue weighted by atomic mass is 32.2. The van der Waals surface area contributed by atoms with E-state index in [2.05, 4.69) is 0 Å². The lowest BCUT2D eigenvalue weighted by Gasteiger charge is -2.22. The zero-order valence-electron chi connectivity index (χ0n) is 8.97. The summed E-state index contributed by atoms with van der Waals surface area (Å²) in [6, 6.07) is 11.5. The van der Waals surface area contributed by atoms with Crippen molar-refractivity contribution in [3.63, 3.8) is 0 Å². The second-order valence-corrected chi connectivity index (χ2v) is 6.39. The molecule has 1 atom stereocenters. The summed E-state index contributed by atoms with van der Waals surface area (Å²) < 4.78 is 24.1. The first kappa shape index (κ1) is 9.85. The Morgan fingerprint density at radius 2 is 1.81 bits per heavy atom. The summed E-state index contributed by atoms with van der Waals surface area (Å²) >= 11 is 0. The van der Waals surface area contributed by atoms with Gasteiger partial charge in [-0.1, -0.05) is 37.3 Å². The van der Waals surface area contributed by atoms with E-state index in [1.54, 1.807) is 6.07 Å². The summed E-state index contributed by atoms with van der Waals surface area (Å²) in [5, 5.41) is 1.94. The molecule has 0 unspecified atom stereocenters. The largest absolute Gasteiger partial charge is 0.224 e. The number of hydrogen-bond acceptors (Lipinski definition) is 2. The third-order valence-electron chi connectivity index (χ3n) is 3.23. The second kappa shape index (κ2) is 3.08. The molecule has 1 aliphatic rings. The SMILES string of the molecule is C[C@@H]1CS(=O)(=O)c2cccc3cccc1c23. The molecule has 0 saturated heterocycles. The van der Waals surface area contributed by atoms with Crippen LogP contribution in [0.1, 0.15) is 18.4 Å². The Labute approximate surface area is 94.8 Å². The van der Waals surface area contributed by atoms with Gasteiger partial charge < -0.3 is 0 Å². The lowest BCUT2D eigenvalue weighted by molar-refractivity contribution is 0.589. The van der Waals surface area contributed by atoms with Crippen molar-refractivity contribution in [3.8, 4) is 0 Å². The van der Waals surface area contributed by atoms with Crippen molar-refractivity contribution in [3.05, 3.63) is 42.0 Å². The molecule has 0 bridgehead atoms. The van der Waals surface area contributed by atoms with Gasteiger partial charge in [-0.05, 0) is 22.9 Å². The van der Waals surface area contributed by atoms with Crippen LogP contribution < -0.4 is 0 Å². The van der Waals surface area contributed by atoms with Crippen LogP contribution in [0.5, 0.6) is 0 Å². The van der Waals surface area contributed by atoms with Gasteiger partial charge in [-0.15, -0.1) is 0 Å². The fraction of sp³-hybridized carbons (Fsp3) is 0.231. The van der Waals surface area contributed by atoms with Gasteiger partial charge >= 0.3 is 0 Å². The fourth-order valence-corrected chi connectivity index (χ4v) is 4.36. The number of benzene rings is 2. The Bertz CT molecular complexity index is 666. The Morgan fingerprint density at radius 3 is 2.56 bits per heavy atom. The van der Waals surface area contributed by atoms with E-state index in [0.717, 1.165) is 16.3 Å². The van der Waals surface area contributed by atoms with Crippen molar-refractivity contribution in [1.82, 2.24) is 0 Å². The average Bonchev–Trinajstić information content (AvgIpc) is 2.25. The molecule has 0 spiro atoms. The van der Waals surface area contributed by atoms with Crippen LogP contribution in [-0.4, -0.2) is 14.2 Å². The van der Waals surface area contributed by atoms with Crippen LogP contribution in [0.25, 0.3) is 10.8 Å². The molecule has 1 heterocycles. The van der Waals surface area contributed by atoms with E-state index >= 15 is 0 Å². The van der Waals surface area contributed by atoms with Crippen molar-refractivity contribution in [2.75, 3.05) is 5.75 Å². The van der Waals surface area contributed by atoms with Crippen LogP contribution in [0.2, 0.25) is 0 Å². The van der Waals surface area contributed by atoms with Crippen LogP contribution >= 0.6 is 0 Å². The van der Waals surface area contributed by atoms with Crippen molar-refractivity contribution in [2.24, 2.45) is 0 Å². The average molecular weight is 232 g/mol. The zero-order chi connectivity index (χ0) is 11.3. The molecule has 0 radical (unpaired) electrons. The van der Waals surface area contributed by atoms with Gasteiger partial charge in [0.25, 0.3) is 0 Å². The molecule has 0 amide bonds. The smallest absolute Gasteiger partial charge is 0.179 e. The minimum Gasteiger partial charge on any atom is -0.224 e. The number of sulfone groups is 1. The monoisotopic (exact) mass is 232 g/mol. The molecule has 3 heteroatoms. The third-order valence-corrected chi connectivity index (χ3v) is 5.18. The van der Waals surface area contributed by atoms with E-state index in [4.69, 9.17) is 0 Å². The van der Waals surface area contributed by atoms with Gasteiger partial charge in [-0.2, -0.15) is 0 Å². The predicted octanol–water partition coefficient (Wildman–Crippen LogP) is 2.73. The van der Waals surface area contributed by atoms with Crippen LogP contribution in [0.4, 0.5) is 0 Å². The van der Waals surface area contributed by atoms with Gasteiger partial charge in [-0.25, -0.2) is 8.42 Å². The third kappa shape index (κ3) is 1.21. The molecule has 0 N–H and O–H groups in total. The maximum atomic E-state index is 12.1. The van der Waals surface area contributed by atoms with E-state index < -0.39 is 9.84 Å². The molecular formula is C13H12O2S. The highest BCUT2D eigenvalue weighted by molar-refractivity contribution is 7.91. The molecule has 1 aliphatic heterocycles. The van der Waals surface area contributed by atoms with Crippen LogP contribution in [0, 0.1) is 0 Å². The Hall–Kier alpha value is -1.35. The van der Waals surface area contributed by atoms with Crippen molar-refractivity contribution in [1.29, 1.82) is 0 Å². The highest BCUT2D eigenvalue weighted by Crippen LogP contribution is 2.37. The number of hydrogen-bond donors (Lipinski definition) is 0. The molecule has 2 aromatic rings. The zero-order valence-corrected chi connectivity index (χ0v) is 9.79. The van der Waals surface area contributed by atoms with Gasteiger partial charge in [0.2, 0.25) is 0 Å². The van der Waals surface area contributed by atoms with Gasteiger partial charge in [0, 0.05) is 5.39 Å². The maximum absolute atomic E-state index is 12.1.